The number of aryl methyl sites for hydroxylation is 1. The zero-order valence-electron chi connectivity index (χ0n) is 12.7. The summed E-state index contributed by atoms with van der Waals surface area (Å²) in [4.78, 5) is 22.2. The van der Waals surface area contributed by atoms with Crippen molar-refractivity contribution in [1.82, 2.24) is 20.0 Å². The number of anilines is 1. The molecule has 23 heavy (non-hydrogen) atoms. The molecule has 0 saturated heterocycles. The largest absolute Gasteiger partial charge is 0.361 e. The highest BCUT2D eigenvalue weighted by Crippen LogP contribution is 2.24. The van der Waals surface area contributed by atoms with Gasteiger partial charge in [0, 0.05) is 36.5 Å². The highest BCUT2D eigenvalue weighted by molar-refractivity contribution is 7.14. The van der Waals surface area contributed by atoms with E-state index in [-0.39, 0.29) is 6.03 Å². The molecule has 0 aliphatic heterocycles. The van der Waals surface area contributed by atoms with Crippen LogP contribution >= 0.6 is 11.3 Å². The number of amides is 2. The lowest BCUT2D eigenvalue weighted by molar-refractivity contribution is 0.219. The summed E-state index contributed by atoms with van der Waals surface area (Å²) in [6.45, 7) is 2.18. The number of rotatable bonds is 4. The third-order valence-corrected chi connectivity index (χ3v) is 3.86. The Labute approximate surface area is 137 Å². The van der Waals surface area contributed by atoms with Crippen LogP contribution in [0.1, 0.15) is 11.5 Å². The number of carbonyl (C=O) groups is 1. The van der Waals surface area contributed by atoms with Crippen molar-refractivity contribution in [2.75, 3.05) is 12.4 Å². The first-order valence-corrected chi connectivity index (χ1v) is 7.80. The van der Waals surface area contributed by atoms with Crippen LogP contribution in [0.25, 0.3) is 11.3 Å². The summed E-state index contributed by atoms with van der Waals surface area (Å²) in [6, 6.07) is 5.32. The molecule has 0 aromatic carbocycles. The van der Waals surface area contributed by atoms with Gasteiger partial charge >= 0.3 is 6.03 Å². The van der Waals surface area contributed by atoms with Crippen LogP contribution in [-0.4, -0.2) is 33.1 Å². The second-order valence-electron chi connectivity index (χ2n) is 4.99. The maximum absolute atomic E-state index is 12.2. The van der Waals surface area contributed by atoms with Crippen LogP contribution in [0.5, 0.6) is 0 Å². The summed E-state index contributed by atoms with van der Waals surface area (Å²) in [5, 5.41) is 9.07. The van der Waals surface area contributed by atoms with Crippen LogP contribution in [0.15, 0.2) is 40.5 Å². The number of aromatic nitrogens is 3. The van der Waals surface area contributed by atoms with Crippen molar-refractivity contribution in [2.45, 2.75) is 13.5 Å². The van der Waals surface area contributed by atoms with Gasteiger partial charge < -0.3 is 9.42 Å². The van der Waals surface area contributed by atoms with E-state index in [4.69, 9.17) is 4.52 Å². The number of hydrogen-bond acceptors (Lipinski definition) is 6. The first-order valence-electron chi connectivity index (χ1n) is 6.92. The molecule has 0 bridgehead atoms. The lowest BCUT2D eigenvalue weighted by atomic mass is 10.2. The van der Waals surface area contributed by atoms with Crippen molar-refractivity contribution >= 4 is 22.5 Å². The average molecular weight is 329 g/mol. The molecule has 0 fully saturated rings. The highest BCUT2D eigenvalue weighted by atomic mass is 32.1. The van der Waals surface area contributed by atoms with E-state index in [1.807, 2.05) is 24.4 Å². The van der Waals surface area contributed by atoms with E-state index in [0.717, 1.165) is 17.0 Å². The minimum atomic E-state index is -0.252. The number of pyridine rings is 1. The van der Waals surface area contributed by atoms with Crippen molar-refractivity contribution in [1.29, 1.82) is 0 Å². The Kier molecular flexibility index (Phi) is 4.33. The van der Waals surface area contributed by atoms with Gasteiger partial charge in [0.15, 0.2) is 5.13 Å². The van der Waals surface area contributed by atoms with Gasteiger partial charge in [0.05, 0.1) is 12.2 Å². The molecule has 0 aliphatic rings. The zero-order chi connectivity index (χ0) is 16.2. The standard InChI is InChI=1S/C15H15N5O2S/c1-10-6-12(19-22-10)8-20(2)15(21)18-14-17-13(9-23-14)11-4-3-5-16-7-11/h3-7,9H,8H2,1-2H3,(H,17,18,21). The number of nitrogens with zero attached hydrogens (tertiary/aromatic N) is 4. The van der Waals surface area contributed by atoms with Gasteiger partial charge in [0.1, 0.15) is 11.5 Å². The fourth-order valence-corrected chi connectivity index (χ4v) is 2.68. The van der Waals surface area contributed by atoms with Crippen molar-refractivity contribution in [3.05, 3.63) is 47.4 Å². The van der Waals surface area contributed by atoms with E-state index >= 15 is 0 Å². The fourth-order valence-electron chi connectivity index (χ4n) is 1.97. The molecular weight excluding hydrogens is 314 g/mol. The third-order valence-electron chi connectivity index (χ3n) is 3.10. The van der Waals surface area contributed by atoms with Crippen molar-refractivity contribution in [3.63, 3.8) is 0 Å². The summed E-state index contributed by atoms with van der Waals surface area (Å²) in [5.41, 5.74) is 2.40. The van der Waals surface area contributed by atoms with Crippen LogP contribution < -0.4 is 5.32 Å². The molecule has 0 spiro atoms. The Morgan fingerprint density at radius 1 is 1.48 bits per heavy atom. The van der Waals surface area contributed by atoms with Crippen LogP contribution in [0.2, 0.25) is 0 Å². The Morgan fingerprint density at radius 2 is 2.35 bits per heavy atom. The lowest BCUT2D eigenvalue weighted by Gasteiger charge is -2.15. The molecule has 118 valence electrons. The molecule has 8 heteroatoms. The summed E-state index contributed by atoms with van der Waals surface area (Å²) in [7, 11) is 1.69. The van der Waals surface area contributed by atoms with Crippen molar-refractivity contribution in [2.24, 2.45) is 0 Å². The smallest absolute Gasteiger partial charge is 0.323 e. The Morgan fingerprint density at radius 3 is 3.04 bits per heavy atom. The first-order chi connectivity index (χ1) is 11.1. The molecule has 0 radical (unpaired) electrons. The Hall–Kier alpha value is -2.74. The molecule has 7 nitrogen and oxygen atoms in total. The van der Waals surface area contributed by atoms with Crippen LogP contribution in [0, 0.1) is 6.92 Å². The minimum Gasteiger partial charge on any atom is -0.361 e. The highest BCUT2D eigenvalue weighted by Gasteiger charge is 2.14. The van der Waals surface area contributed by atoms with Crippen LogP contribution in [0.4, 0.5) is 9.93 Å². The molecule has 0 unspecified atom stereocenters. The first kappa shape index (κ1) is 15.2. The van der Waals surface area contributed by atoms with Crippen molar-refractivity contribution < 1.29 is 9.32 Å². The molecule has 3 aromatic rings. The minimum absolute atomic E-state index is 0.252. The quantitative estimate of drug-likeness (QED) is 0.795. The second kappa shape index (κ2) is 6.57. The summed E-state index contributed by atoms with van der Waals surface area (Å²) < 4.78 is 4.99. The van der Waals surface area contributed by atoms with Gasteiger partial charge in [-0.15, -0.1) is 11.3 Å². The van der Waals surface area contributed by atoms with E-state index in [9.17, 15) is 4.79 Å². The van der Waals surface area contributed by atoms with Crippen LogP contribution in [-0.2, 0) is 6.54 Å². The van der Waals surface area contributed by atoms with E-state index in [0.29, 0.717) is 17.4 Å². The fraction of sp³-hybridized carbons (Fsp3) is 0.200. The molecule has 3 rings (SSSR count). The SMILES string of the molecule is Cc1cc(CN(C)C(=O)Nc2nc(-c3cccnc3)cs2)no1. The Balaban J connectivity index is 1.63. The molecule has 0 atom stereocenters. The number of hydrogen-bond donors (Lipinski definition) is 1. The predicted octanol–water partition coefficient (Wildman–Crippen LogP) is 3.17. The lowest BCUT2D eigenvalue weighted by Crippen LogP contribution is -2.30. The third kappa shape index (κ3) is 3.72. The zero-order valence-corrected chi connectivity index (χ0v) is 13.5. The molecule has 3 aromatic heterocycles. The molecule has 0 aliphatic carbocycles. The summed E-state index contributed by atoms with van der Waals surface area (Å²) in [6.07, 6.45) is 3.44. The van der Waals surface area contributed by atoms with E-state index in [2.05, 4.69) is 20.4 Å². The molecule has 0 saturated carbocycles. The topological polar surface area (TPSA) is 84.2 Å². The monoisotopic (exact) mass is 329 g/mol. The van der Waals surface area contributed by atoms with Gasteiger partial charge in [-0.05, 0) is 19.1 Å². The van der Waals surface area contributed by atoms with Gasteiger partial charge in [0.25, 0.3) is 0 Å². The molecule has 3 heterocycles. The number of thiazole rings is 1. The maximum atomic E-state index is 12.2. The van der Waals surface area contributed by atoms with E-state index < -0.39 is 0 Å². The van der Waals surface area contributed by atoms with Gasteiger partial charge in [-0.1, -0.05) is 5.16 Å². The van der Waals surface area contributed by atoms with E-state index in [1.165, 1.54) is 16.2 Å². The summed E-state index contributed by atoms with van der Waals surface area (Å²) >= 11 is 1.37. The number of carbonyl (C=O) groups excluding carboxylic acids is 1. The normalized spacial score (nSPS) is 10.5. The Bertz CT molecular complexity index is 799. The summed E-state index contributed by atoms with van der Waals surface area (Å²) in [5.74, 6) is 0.717. The van der Waals surface area contributed by atoms with Gasteiger partial charge in [0.2, 0.25) is 0 Å². The predicted molar refractivity (Wildman–Crippen MR) is 87.1 cm³/mol. The average Bonchev–Trinajstić information content (AvgIpc) is 3.17. The molecule has 1 N–H and O–H groups in total. The van der Waals surface area contributed by atoms with Crippen LogP contribution in [0.3, 0.4) is 0 Å². The number of nitrogens with one attached hydrogen (secondary N) is 1. The second-order valence-corrected chi connectivity index (χ2v) is 5.85. The molecule has 2 amide bonds. The van der Waals surface area contributed by atoms with Crippen molar-refractivity contribution in [3.8, 4) is 11.3 Å². The van der Waals surface area contributed by atoms with Gasteiger partial charge in [-0.3, -0.25) is 10.3 Å². The van der Waals surface area contributed by atoms with Gasteiger partial charge in [-0.2, -0.15) is 0 Å². The van der Waals surface area contributed by atoms with E-state index in [1.54, 1.807) is 25.5 Å². The number of urea groups is 1. The molecular formula is C15H15N5O2S. The maximum Gasteiger partial charge on any atom is 0.323 e. The van der Waals surface area contributed by atoms with Gasteiger partial charge in [-0.25, -0.2) is 9.78 Å².